The summed E-state index contributed by atoms with van der Waals surface area (Å²) in [7, 11) is 0. The van der Waals surface area contributed by atoms with Crippen LogP contribution in [0.1, 0.15) is 31.2 Å². The zero-order chi connectivity index (χ0) is 16.0. The third-order valence-electron chi connectivity index (χ3n) is 4.18. The van der Waals surface area contributed by atoms with E-state index in [1.54, 1.807) is 4.57 Å². The smallest absolute Gasteiger partial charge is 0.330 e. The molecule has 0 aliphatic heterocycles. The topological polar surface area (TPSA) is 79.5 Å². The highest BCUT2D eigenvalue weighted by molar-refractivity contribution is 6.30. The number of carboxylic acids is 2. The van der Waals surface area contributed by atoms with Crippen molar-refractivity contribution in [3.63, 3.8) is 0 Å². The second kappa shape index (κ2) is 4.91. The van der Waals surface area contributed by atoms with Gasteiger partial charge in [-0.3, -0.25) is 4.79 Å². The lowest BCUT2D eigenvalue weighted by Crippen LogP contribution is -2.50. The molecule has 21 heavy (non-hydrogen) atoms. The van der Waals surface area contributed by atoms with Gasteiger partial charge in [0, 0.05) is 29.3 Å². The second-order valence-electron chi connectivity index (χ2n) is 5.96. The predicted octanol–water partition coefficient (Wildman–Crippen LogP) is 2.89. The molecule has 0 saturated carbocycles. The fraction of sp³-hybridized carbons (Fsp3) is 0.467. The second-order valence-corrected chi connectivity index (χ2v) is 6.44. The Balaban J connectivity index is 2.69. The molecule has 0 amide bonds. The van der Waals surface area contributed by atoms with Crippen LogP contribution >= 0.6 is 11.6 Å². The SMILES string of the molecule is Cc1ccc(C)n1C1(C(=O)O)CC(Cl)=CC(C)(C(=O)O)C1. The van der Waals surface area contributed by atoms with Gasteiger partial charge in [0.2, 0.25) is 0 Å². The van der Waals surface area contributed by atoms with Gasteiger partial charge in [0.25, 0.3) is 0 Å². The van der Waals surface area contributed by atoms with Gasteiger partial charge in [-0.05, 0) is 32.9 Å². The van der Waals surface area contributed by atoms with E-state index in [-0.39, 0.29) is 17.9 Å². The van der Waals surface area contributed by atoms with Crippen molar-refractivity contribution in [2.45, 2.75) is 39.2 Å². The molecule has 2 rings (SSSR count). The Morgan fingerprint density at radius 1 is 1.19 bits per heavy atom. The molecule has 0 saturated heterocycles. The molecule has 0 radical (unpaired) electrons. The van der Waals surface area contributed by atoms with Gasteiger partial charge < -0.3 is 14.8 Å². The average Bonchev–Trinajstić information content (AvgIpc) is 2.67. The Hall–Kier alpha value is -1.75. The number of allylic oxidation sites excluding steroid dienone is 1. The minimum Gasteiger partial charge on any atom is -0.481 e. The van der Waals surface area contributed by atoms with Gasteiger partial charge in [0.1, 0.15) is 5.54 Å². The summed E-state index contributed by atoms with van der Waals surface area (Å²) in [4.78, 5) is 23.6. The van der Waals surface area contributed by atoms with E-state index in [0.717, 1.165) is 11.4 Å². The van der Waals surface area contributed by atoms with Crippen molar-refractivity contribution in [3.8, 4) is 0 Å². The number of nitrogens with zero attached hydrogens (tertiary/aromatic N) is 1. The number of rotatable bonds is 3. The maximum atomic E-state index is 12.0. The molecule has 2 unspecified atom stereocenters. The molecule has 1 heterocycles. The largest absolute Gasteiger partial charge is 0.481 e. The molecule has 1 aliphatic carbocycles. The molecule has 2 N–H and O–H groups in total. The van der Waals surface area contributed by atoms with Crippen LogP contribution in [0.15, 0.2) is 23.2 Å². The van der Waals surface area contributed by atoms with Crippen LogP contribution in [0.4, 0.5) is 0 Å². The van der Waals surface area contributed by atoms with Crippen LogP contribution in [0.2, 0.25) is 0 Å². The number of aryl methyl sites for hydroxylation is 2. The van der Waals surface area contributed by atoms with Crippen LogP contribution < -0.4 is 0 Å². The van der Waals surface area contributed by atoms with Gasteiger partial charge in [-0.1, -0.05) is 17.7 Å². The third-order valence-corrected chi connectivity index (χ3v) is 4.42. The molecule has 2 atom stereocenters. The Labute approximate surface area is 127 Å². The summed E-state index contributed by atoms with van der Waals surface area (Å²) in [6.07, 6.45) is 1.49. The lowest BCUT2D eigenvalue weighted by molar-refractivity contribution is -0.154. The van der Waals surface area contributed by atoms with E-state index in [4.69, 9.17) is 11.6 Å². The maximum Gasteiger partial charge on any atom is 0.330 e. The standard InChI is InChI=1S/C15H18ClNO4/c1-9-4-5-10(2)17(9)15(13(20)21)7-11(16)6-14(3,8-15)12(18)19/h4-6H,7-8H2,1-3H3,(H,18,19)(H,20,21). The Kier molecular flexibility index (Phi) is 3.66. The molecule has 1 aliphatic rings. The van der Waals surface area contributed by atoms with Crippen molar-refractivity contribution in [2.24, 2.45) is 5.41 Å². The number of aromatic nitrogens is 1. The Morgan fingerprint density at radius 2 is 1.71 bits per heavy atom. The molecule has 1 aromatic heterocycles. The number of hydrogen-bond donors (Lipinski definition) is 2. The molecule has 1 aromatic rings. The zero-order valence-electron chi connectivity index (χ0n) is 12.2. The van der Waals surface area contributed by atoms with Gasteiger partial charge >= 0.3 is 11.9 Å². The minimum absolute atomic E-state index is 0.0444. The molecule has 0 spiro atoms. The maximum absolute atomic E-state index is 12.0. The number of hydrogen-bond acceptors (Lipinski definition) is 2. The van der Waals surface area contributed by atoms with E-state index in [1.165, 1.54) is 13.0 Å². The Bertz CT molecular complexity index is 629. The van der Waals surface area contributed by atoms with Crippen LogP contribution in [-0.2, 0) is 15.1 Å². The first-order valence-electron chi connectivity index (χ1n) is 6.62. The number of aliphatic carboxylic acids is 2. The molecule has 0 bridgehead atoms. The van der Waals surface area contributed by atoms with Crippen LogP contribution in [0.25, 0.3) is 0 Å². The van der Waals surface area contributed by atoms with Crippen LogP contribution in [0, 0.1) is 19.3 Å². The highest BCUT2D eigenvalue weighted by Crippen LogP contribution is 2.46. The van der Waals surface area contributed by atoms with E-state index in [2.05, 4.69) is 0 Å². The van der Waals surface area contributed by atoms with E-state index < -0.39 is 22.9 Å². The van der Waals surface area contributed by atoms with E-state index in [9.17, 15) is 19.8 Å². The van der Waals surface area contributed by atoms with E-state index in [0.29, 0.717) is 0 Å². The minimum atomic E-state index is -1.38. The van der Waals surface area contributed by atoms with Crippen molar-refractivity contribution in [3.05, 3.63) is 34.6 Å². The van der Waals surface area contributed by atoms with Crippen LogP contribution in [0.5, 0.6) is 0 Å². The first-order valence-corrected chi connectivity index (χ1v) is 7.00. The summed E-state index contributed by atoms with van der Waals surface area (Å²) in [5.41, 5.74) is -1.14. The first kappa shape index (κ1) is 15.6. The highest BCUT2D eigenvalue weighted by Gasteiger charge is 2.52. The first-order chi connectivity index (χ1) is 9.62. The predicted molar refractivity (Wildman–Crippen MR) is 78.4 cm³/mol. The molecular weight excluding hydrogens is 294 g/mol. The van der Waals surface area contributed by atoms with Crippen LogP contribution in [-0.4, -0.2) is 26.7 Å². The van der Waals surface area contributed by atoms with Crippen molar-refractivity contribution >= 4 is 23.5 Å². The molecule has 0 fully saturated rings. The Morgan fingerprint density at radius 3 is 2.14 bits per heavy atom. The van der Waals surface area contributed by atoms with Crippen molar-refractivity contribution in [1.82, 2.24) is 4.57 Å². The highest BCUT2D eigenvalue weighted by atomic mass is 35.5. The lowest BCUT2D eigenvalue weighted by Gasteiger charge is -2.41. The molecule has 0 aromatic carbocycles. The molecule has 5 nitrogen and oxygen atoms in total. The van der Waals surface area contributed by atoms with E-state index >= 15 is 0 Å². The van der Waals surface area contributed by atoms with Crippen molar-refractivity contribution < 1.29 is 19.8 Å². The van der Waals surface area contributed by atoms with Gasteiger partial charge in [-0.15, -0.1) is 0 Å². The average molecular weight is 312 g/mol. The van der Waals surface area contributed by atoms with Gasteiger partial charge in [0.15, 0.2) is 0 Å². The monoisotopic (exact) mass is 311 g/mol. The van der Waals surface area contributed by atoms with Gasteiger partial charge in [-0.25, -0.2) is 4.79 Å². The lowest BCUT2D eigenvalue weighted by atomic mass is 9.70. The summed E-state index contributed by atoms with van der Waals surface area (Å²) in [5.74, 6) is -2.14. The normalized spacial score (nSPS) is 29.0. The molecular formula is C15H18ClNO4. The van der Waals surface area contributed by atoms with Crippen molar-refractivity contribution in [2.75, 3.05) is 0 Å². The summed E-state index contributed by atoms with van der Waals surface area (Å²) in [6.45, 7) is 5.12. The van der Waals surface area contributed by atoms with E-state index in [1.807, 2.05) is 26.0 Å². The zero-order valence-corrected chi connectivity index (χ0v) is 12.9. The summed E-state index contributed by atoms with van der Waals surface area (Å²) in [6, 6.07) is 3.65. The summed E-state index contributed by atoms with van der Waals surface area (Å²) in [5, 5.41) is 19.6. The molecule has 6 heteroatoms. The molecule has 114 valence electrons. The summed E-state index contributed by atoms with van der Waals surface area (Å²) < 4.78 is 1.69. The number of carbonyl (C=O) groups is 2. The summed E-state index contributed by atoms with van der Waals surface area (Å²) >= 11 is 6.12. The third kappa shape index (κ3) is 2.35. The fourth-order valence-electron chi connectivity index (χ4n) is 3.28. The van der Waals surface area contributed by atoms with Crippen LogP contribution in [0.3, 0.4) is 0 Å². The van der Waals surface area contributed by atoms with Crippen molar-refractivity contribution in [1.29, 1.82) is 0 Å². The number of carboxylic acid groups (broad SMARTS) is 2. The fourth-order valence-corrected chi connectivity index (χ4v) is 3.74. The van der Waals surface area contributed by atoms with Gasteiger partial charge in [-0.2, -0.15) is 0 Å². The van der Waals surface area contributed by atoms with Gasteiger partial charge in [0.05, 0.1) is 5.41 Å². The quantitative estimate of drug-likeness (QED) is 0.899. The number of halogens is 1.